The molecule has 4 rings (SSSR count). The molecule has 0 aliphatic carbocycles. The zero-order valence-corrected chi connectivity index (χ0v) is 16.3. The van der Waals surface area contributed by atoms with E-state index in [4.69, 9.17) is 10.0 Å². The summed E-state index contributed by atoms with van der Waals surface area (Å²) >= 11 is 0. The molecule has 4 aromatic carbocycles. The molecule has 0 aliphatic heterocycles. The number of benzene rings is 4. The minimum Gasteiger partial charge on any atom is -0.509 e. The average Bonchev–Trinajstić information content (AvgIpc) is 2.84. The Morgan fingerprint density at radius 2 is 0.800 bits per heavy atom. The third-order valence-corrected chi connectivity index (χ3v) is 4.50. The Kier molecular flexibility index (Phi) is 7.12. The largest absolute Gasteiger partial charge is 0.707 e. The lowest BCUT2D eigenvalue weighted by Crippen LogP contribution is -2.22. The number of hydrogen-bond acceptors (Lipinski definition) is 3. The van der Waals surface area contributed by atoms with E-state index < -0.39 is 87.8 Å². The van der Waals surface area contributed by atoms with Gasteiger partial charge in [-0.3, -0.25) is 0 Å². The summed E-state index contributed by atoms with van der Waals surface area (Å²) in [7, 11) is -2.84. The molecule has 0 radical (unpaired) electrons. The Labute approximate surface area is 186 Å². The highest BCUT2D eigenvalue weighted by molar-refractivity contribution is 6.34. The van der Waals surface area contributed by atoms with E-state index in [0.29, 0.717) is 0 Å². The van der Waals surface area contributed by atoms with Gasteiger partial charge in [-0.15, -0.1) is 0 Å². The predicted molar refractivity (Wildman–Crippen MR) is 98.3 cm³/mol. The summed E-state index contributed by atoms with van der Waals surface area (Å²) in [6.07, 6.45) is 0. The Hall–Kier alpha value is -3.59. The minimum atomic E-state index is -2.84. The van der Waals surface area contributed by atoms with Gasteiger partial charge in [0, 0.05) is 10.8 Å². The summed E-state index contributed by atoms with van der Waals surface area (Å²) < 4.78 is 149. The van der Waals surface area contributed by atoms with Gasteiger partial charge in [0.15, 0.2) is 63.9 Å². The molecule has 184 valence electrons. The molecule has 3 nitrogen and oxygen atoms in total. The summed E-state index contributed by atoms with van der Waals surface area (Å²) in [5.41, 5.74) is 0. The van der Waals surface area contributed by atoms with Crippen molar-refractivity contribution in [3.05, 3.63) is 88.3 Å². The van der Waals surface area contributed by atoms with Gasteiger partial charge < -0.3 is 14.7 Å². The van der Waals surface area contributed by atoms with E-state index in [9.17, 15) is 48.3 Å². The highest BCUT2D eigenvalue weighted by atomic mass is 19.2. The molecule has 0 fully saturated rings. The van der Waals surface area contributed by atoms with Crippen LogP contribution < -0.4 is 4.65 Å². The Balaban J connectivity index is 0.000000211. The van der Waals surface area contributed by atoms with Crippen molar-refractivity contribution in [3.8, 4) is 5.75 Å². The molecule has 0 saturated heterocycles. The fraction of sp³-hybridized carbons (Fsp3) is 0. The van der Waals surface area contributed by atoms with E-state index in [1.54, 1.807) is 0 Å². The molecule has 0 saturated carbocycles. The SMILES string of the molecule is Fc1c(F)c(F)c2ccccc2c1F.OB(O)Oc1c(F)c(F)c(F)c2c(F)c(F)c(F)c(F)c12. The van der Waals surface area contributed by atoms with Crippen LogP contribution >= 0.6 is 0 Å². The van der Waals surface area contributed by atoms with Crippen molar-refractivity contribution < 1.29 is 63.0 Å². The van der Waals surface area contributed by atoms with Crippen molar-refractivity contribution in [2.75, 3.05) is 0 Å². The van der Waals surface area contributed by atoms with Gasteiger partial charge in [0.25, 0.3) is 0 Å². The first-order chi connectivity index (χ1) is 16.3. The Morgan fingerprint density at radius 3 is 1.20 bits per heavy atom. The average molecular weight is 514 g/mol. The first kappa shape index (κ1) is 26.0. The third-order valence-electron chi connectivity index (χ3n) is 4.50. The van der Waals surface area contributed by atoms with Gasteiger partial charge in [-0.25, -0.2) is 43.9 Å². The van der Waals surface area contributed by atoms with Gasteiger partial charge in [-0.2, -0.15) is 4.39 Å². The van der Waals surface area contributed by atoms with Gasteiger partial charge in [0.2, 0.25) is 5.82 Å². The lowest BCUT2D eigenvalue weighted by molar-refractivity contribution is 0.279. The molecule has 35 heavy (non-hydrogen) atoms. The summed E-state index contributed by atoms with van der Waals surface area (Å²) in [4.78, 5) is 0. The van der Waals surface area contributed by atoms with E-state index in [1.165, 1.54) is 24.3 Å². The van der Waals surface area contributed by atoms with E-state index in [-0.39, 0.29) is 10.8 Å². The molecule has 2 N–H and O–H groups in total. The van der Waals surface area contributed by atoms with Gasteiger partial charge in [0.05, 0.1) is 10.8 Å². The zero-order chi connectivity index (χ0) is 26.4. The van der Waals surface area contributed by atoms with Crippen LogP contribution in [0.4, 0.5) is 48.3 Å². The molecule has 15 heteroatoms. The second-order valence-electron chi connectivity index (χ2n) is 6.52. The highest BCUT2D eigenvalue weighted by Gasteiger charge is 2.32. The van der Waals surface area contributed by atoms with Crippen molar-refractivity contribution in [1.82, 2.24) is 0 Å². The summed E-state index contributed by atoms with van der Waals surface area (Å²) in [5, 5.41) is 13.0. The van der Waals surface area contributed by atoms with Crippen LogP contribution in [0.5, 0.6) is 5.75 Å². The number of fused-ring (bicyclic) bond motifs is 2. The second kappa shape index (κ2) is 9.58. The van der Waals surface area contributed by atoms with Crippen LogP contribution in [0.1, 0.15) is 0 Å². The maximum Gasteiger partial charge on any atom is 0.707 e. The molecule has 0 unspecified atom stereocenters. The van der Waals surface area contributed by atoms with E-state index in [0.717, 1.165) is 0 Å². The highest BCUT2D eigenvalue weighted by Crippen LogP contribution is 2.39. The number of halogens is 11. The van der Waals surface area contributed by atoms with E-state index in [1.807, 2.05) is 0 Å². The number of hydrogen-bond donors (Lipinski definition) is 2. The third kappa shape index (κ3) is 4.32. The van der Waals surface area contributed by atoms with Gasteiger partial charge in [-0.05, 0) is 0 Å². The topological polar surface area (TPSA) is 49.7 Å². The number of rotatable bonds is 2. The predicted octanol–water partition coefficient (Wildman–Crippen LogP) is 5.56. The van der Waals surface area contributed by atoms with Crippen LogP contribution in [-0.2, 0) is 0 Å². The Morgan fingerprint density at radius 1 is 0.457 bits per heavy atom. The van der Waals surface area contributed by atoms with Gasteiger partial charge in [0.1, 0.15) is 0 Å². The molecule has 0 spiro atoms. The fourth-order valence-corrected chi connectivity index (χ4v) is 2.98. The Bertz CT molecular complexity index is 1420. The molecule has 0 atom stereocenters. The first-order valence-corrected chi connectivity index (χ1v) is 8.86. The van der Waals surface area contributed by atoms with Crippen LogP contribution in [0.2, 0.25) is 0 Å². The first-order valence-electron chi connectivity index (χ1n) is 8.86. The van der Waals surface area contributed by atoms with Crippen molar-refractivity contribution in [1.29, 1.82) is 0 Å². The van der Waals surface area contributed by atoms with Crippen LogP contribution in [0.3, 0.4) is 0 Å². The van der Waals surface area contributed by atoms with Gasteiger partial charge >= 0.3 is 7.32 Å². The second-order valence-corrected chi connectivity index (χ2v) is 6.52. The van der Waals surface area contributed by atoms with Crippen molar-refractivity contribution >= 4 is 28.9 Å². The molecule has 0 aromatic heterocycles. The van der Waals surface area contributed by atoms with Crippen LogP contribution in [-0.4, -0.2) is 17.4 Å². The monoisotopic (exact) mass is 514 g/mol. The molecule has 0 aliphatic rings. The smallest absolute Gasteiger partial charge is 0.509 e. The maximum absolute atomic E-state index is 13.6. The van der Waals surface area contributed by atoms with E-state index >= 15 is 0 Å². The maximum atomic E-state index is 13.6. The molecule has 4 aromatic rings. The van der Waals surface area contributed by atoms with Crippen molar-refractivity contribution in [2.45, 2.75) is 0 Å². The summed E-state index contributed by atoms with van der Waals surface area (Å²) in [6.45, 7) is 0. The minimum absolute atomic E-state index is 0.260. The lowest BCUT2D eigenvalue weighted by Gasteiger charge is -2.13. The van der Waals surface area contributed by atoms with Crippen LogP contribution in [0.15, 0.2) is 24.3 Å². The molecular formula is C20H6BF11O3. The quantitative estimate of drug-likeness (QED) is 0.160. The lowest BCUT2D eigenvalue weighted by atomic mass is 10.0. The summed E-state index contributed by atoms with van der Waals surface area (Å²) in [6, 6.07) is 5.22. The van der Waals surface area contributed by atoms with Crippen LogP contribution in [0, 0.1) is 64.0 Å². The summed E-state index contributed by atoms with van der Waals surface area (Å²) in [5.74, 6) is -24.5. The fourth-order valence-electron chi connectivity index (χ4n) is 2.98. The van der Waals surface area contributed by atoms with Gasteiger partial charge in [-0.1, -0.05) is 24.3 Å². The molecule has 0 amide bonds. The van der Waals surface area contributed by atoms with E-state index in [2.05, 4.69) is 4.65 Å². The zero-order valence-electron chi connectivity index (χ0n) is 16.3. The molecule has 0 heterocycles. The van der Waals surface area contributed by atoms with Crippen LogP contribution in [0.25, 0.3) is 21.5 Å². The van der Waals surface area contributed by atoms with Crippen molar-refractivity contribution in [2.24, 2.45) is 0 Å². The molecular weight excluding hydrogens is 508 g/mol. The standard InChI is InChI=1S/C10H2BF7O3.C10H4F4/c12-3-1-2(5(14)7(16)6(3)15)10(21-11(19)20)9(18)8(17)4(1)13;11-7-5-3-1-2-4-6(5)8(12)10(14)9(7)13/h19-20H;1-4H. The van der Waals surface area contributed by atoms with Crippen molar-refractivity contribution in [3.63, 3.8) is 0 Å². The molecule has 0 bridgehead atoms. The normalized spacial score (nSPS) is 11.0.